The number of carbonyl (C=O) groups excluding carboxylic acids is 2. The Labute approximate surface area is 157 Å². The second-order valence-electron chi connectivity index (χ2n) is 7.41. The monoisotopic (exact) mass is 357 g/mol. The molecule has 1 fully saturated rings. The molecule has 0 saturated heterocycles. The number of aldehydes is 1. The van der Waals surface area contributed by atoms with E-state index in [-0.39, 0.29) is 11.4 Å². The first kappa shape index (κ1) is 16.0. The Hall–Kier alpha value is -3.21. The summed E-state index contributed by atoms with van der Waals surface area (Å²) in [6.07, 6.45) is 6.25. The second kappa shape index (κ2) is 5.39. The van der Waals surface area contributed by atoms with Crippen LogP contribution >= 0.6 is 0 Å². The summed E-state index contributed by atoms with van der Waals surface area (Å²) >= 11 is 0. The van der Waals surface area contributed by atoms with Crippen LogP contribution in [0.5, 0.6) is 0 Å². The third-order valence-electron chi connectivity index (χ3n) is 5.94. The van der Waals surface area contributed by atoms with E-state index in [0.717, 1.165) is 47.2 Å². The standard InChI is InChI=1S/C22H19N3O2/c1-14-17(4-3-9-23-14)16-5-6-18-19(11-16)25-12-15(13-26)10-20(25)21(27)24(2)22(18)7-8-22/h3-6,9-13H,7-8H2,1-2H3. The fourth-order valence-corrected chi connectivity index (χ4v) is 4.26. The average molecular weight is 357 g/mol. The fourth-order valence-electron chi connectivity index (χ4n) is 4.26. The van der Waals surface area contributed by atoms with Crippen molar-refractivity contribution in [3.05, 3.63) is 71.3 Å². The predicted molar refractivity (Wildman–Crippen MR) is 102 cm³/mol. The summed E-state index contributed by atoms with van der Waals surface area (Å²) in [5.41, 5.74) is 5.98. The van der Waals surface area contributed by atoms with Crippen LogP contribution in [-0.2, 0) is 5.54 Å². The smallest absolute Gasteiger partial charge is 0.271 e. The van der Waals surface area contributed by atoms with Crippen molar-refractivity contribution in [3.63, 3.8) is 0 Å². The molecular weight excluding hydrogens is 338 g/mol. The number of pyridine rings is 1. The minimum atomic E-state index is -0.241. The van der Waals surface area contributed by atoms with E-state index in [2.05, 4.69) is 29.2 Å². The van der Waals surface area contributed by atoms with Gasteiger partial charge in [-0.1, -0.05) is 18.2 Å². The zero-order valence-electron chi connectivity index (χ0n) is 15.3. The Bertz CT molecular complexity index is 1110. The minimum absolute atomic E-state index is 0.0455. The molecule has 1 spiro atoms. The van der Waals surface area contributed by atoms with Crippen molar-refractivity contribution in [1.82, 2.24) is 14.5 Å². The first-order valence-corrected chi connectivity index (χ1v) is 9.08. The first-order chi connectivity index (χ1) is 13.0. The number of carbonyl (C=O) groups is 2. The van der Waals surface area contributed by atoms with Gasteiger partial charge in [0.05, 0.1) is 11.2 Å². The third-order valence-corrected chi connectivity index (χ3v) is 5.94. The summed E-state index contributed by atoms with van der Waals surface area (Å²) in [6, 6.07) is 12.0. The Morgan fingerprint density at radius 3 is 2.70 bits per heavy atom. The summed E-state index contributed by atoms with van der Waals surface area (Å²) in [5.74, 6) is -0.0455. The molecule has 5 nitrogen and oxygen atoms in total. The van der Waals surface area contributed by atoms with Crippen LogP contribution in [0, 0.1) is 6.92 Å². The van der Waals surface area contributed by atoms with Crippen LogP contribution < -0.4 is 0 Å². The fraction of sp³-hybridized carbons (Fsp3) is 0.227. The summed E-state index contributed by atoms with van der Waals surface area (Å²) in [4.78, 5) is 30.7. The van der Waals surface area contributed by atoms with Gasteiger partial charge < -0.3 is 9.47 Å². The largest absolute Gasteiger partial charge is 0.331 e. The Kier molecular flexibility index (Phi) is 3.20. The quantitative estimate of drug-likeness (QED) is 0.657. The second-order valence-corrected chi connectivity index (χ2v) is 7.41. The topological polar surface area (TPSA) is 55.2 Å². The van der Waals surface area contributed by atoms with Crippen LogP contribution in [0.15, 0.2) is 48.8 Å². The molecule has 0 bridgehead atoms. The lowest BCUT2D eigenvalue weighted by molar-refractivity contribution is 0.0705. The Balaban J connectivity index is 1.80. The van der Waals surface area contributed by atoms with Crippen LogP contribution in [0.25, 0.3) is 16.8 Å². The van der Waals surface area contributed by atoms with Crippen LogP contribution in [0.1, 0.15) is 44.9 Å². The molecule has 0 radical (unpaired) electrons. The highest BCUT2D eigenvalue weighted by molar-refractivity contribution is 5.97. The molecule has 1 aliphatic carbocycles. The zero-order valence-corrected chi connectivity index (χ0v) is 15.3. The number of hydrogen-bond donors (Lipinski definition) is 0. The number of nitrogens with zero attached hydrogens (tertiary/aromatic N) is 3. The minimum Gasteiger partial charge on any atom is -0.331 e. The highest BCUT2D eigenvalue weighted by Crippen LogP contribution is 2.54. The van der Waals surface area contributed by atoms with Gasteiger partial charge in [0.15, 0.2) is 6.29 Å². The highest BCUT2D eigenvalue weighted by Gasteiger charge is 2.53. The predicted octanol–water partition coefficient (Wildman–Crippen LogP) is 3.73. The summed E-state index contributed by atoms with van der Waals surface area (Å²) in [6.45, 7) is 1.99. The maximum Gasteiger partial charge on any atom is 0.271 e. The van der Waals surface area contributed by atoms with E-state index in [1.807, 2.05) is 29.5 Å². The normalized spacial score (nSPS) is 16.7. The molecular formula is C22H19N3O2. The van der Waals surface area contributed by atoms with Crippen LogP contribution in [0.3, 0.4) is 0 Å². The maximum atomic E-state index is 13.1. The van der Waals surface area contributed by atoms with E-state index in [4.69, 9.17) is 0 Å². The van der Waals surface area contributed by atoms with Gasteiger partial charge in [0, 0.05) is 41.8 Å². The van der Waals surface area contributed by atoms with E-state index in [9.17, 15) is 9.59 Å². The third kappa shape index (κ3) is 2.14. The molecule has 1 amide bonds. The zero-order chi connectivity index (χ0) is 18.8. The molecule has 27 heavy (non-hydrogen) atoms. The van der Waals surface area contributed by atoms with Gasteiger partial charge in [0.1, 0.15) is 5.69 Å². The molecule has 5 rings (SSSR count). The van der Waals surface area contributed by atoms with Crippen LogP contribution in [-0.4, -0.2) is 33.7 Å². The van der Waals surface area contributed by atoms with Gasteiger partial charge in [0.25, 0.3) is 5.91 Å². The van der Waals surface area contributed by atoms with Gasteiger partial charge in [-0.2, -0.15) is 0 Å². The number of amides is 1. The molecule has 1 aliphatic heterocycles. The van der Waals surface area contributed by atoms with Crippen molar-refractivity contribution in [3.8, 4) is 16.8 Å². The van der Waals surface area contributed by atoms with E-state index in [0.29, 0.717) is 11.3 Å². The van der Waals surface area contributed by atoms with E-state index < -0.39 is 0 Å². The maximum absolute atomic E-state index is 13.1. The SMILES string of the molecule is Cc1ncccc1-c1ccc2c(c1)-n1cc(C=O)cc1C(=O)N(C)C21CC1. The number of fused-ring (bicyclic) bond motifs is 4. The summed E-state index contributed by atoms with van der Waals surface area (Å²) < 4.78 is 1.88. The Morgan fingerprint density at radius 2 is 2.00 bits per heavy atom. The van der Waals surface area contributed by atoms with Gasteiger partial charge in [-0.25, -0.2) is 0 Å². The molecule has 1 saturated carbocycles. The molecule has 0 N–H and O–H groups in total. The van der Waals surface area contributed by atoms with Gasteiger partial charge in [-0.05, 0) is 43.5 Å². The van der Waals surface area contributed by atoms with Gasteiger partial charge in [-0.15, -0.1) is 0 Å². The van der Waals surface area contributed by atoms with Crippen molar-refractivity contribution < 1.29 is 9.59 Å². The van der Waals surface area contributed by atoms with Crippen LogP contribution in [0.2, 0.25) is 0 Å². The van der Waals surface area contributed by atoms with Gasteiger partial charge >= 0.3 is 0 Å². The summed E-state index contributed by atoms with van der Waals surface area (Å²) in [5, 5.41) is 0. The molecule has 5 heteroatoms. The van der Waals surface area contributed by atoms with Crippen molar-refractivity contribution in [2.75, 3.05) is 7.05 Å². The molecule has 3 heterocycles. The number of aromatic nitrogens is 2. The van der Waals surface area contributed by atoms with Gasteiger partial charge in [0.2, 0.25) is 0 Å². The molecule has 0 atom stereocenters. The lowest BCUT2D eigenvalue weighted by Crippen LogP contribution is -2.36. The average Bonchev–Trinajstić information content (AvgIpc) is 3.39. The molecule has 134 valence electrons. The van der Waals surface area contributed by atoms with Crippen molar-refractivity contribution in [2.45, 2.75) is 25.3 Å². The number of aryl methyl sites for hydroxylation is 1. The van der Waals surface area contributed by atoms with E-state index in [1.165, 1.54) is 0 Å². The van der Waals surface area contributed by atoms with E-state index >= 15 is 0 Å². The molecule has 1 aromatic carbocycles. The number of hydrogen-bond acceptors (Lipinski definition) is 3. The molecule has 2 aromatic heterocycles. The van der Waals surface area contributed by atoms with Gasteiger partial charge in [-0.3, -0.25) is 14.6 Å². The highest BCUT2D eigenvalue weighted by atomic mass is 16.2. The Morgan fingerprint density at radius 1 is 1.19 bits per heavy atom. The number of benzene rings is 1. The molecule has 2 aliphatic rings. The molecule has 0 unspecified atom stereocenters. The van der Waals surface area contributed by atoms with Crippen molar-refractivity contribution in [2.24, 2.45) is 0 Å². The van der Waals surface area contributed by atoms with Crippen molar-refractivity contribution in [1.29, 1.82) is 0 Å². The summed E-state index contributed by atoms with van der Waals surface area (Å²) in [7, 11) is 1.86. The first-order valence-electron chi connectivity index (χ1n) is 9.08. The number of rotatable bonds is 2. The van der Waals surface area contributed by atoms with E-state index in [1.54, 1.807) is 18.5 Å². The van der Waals surface area contributed by atoms with Crippen molar-refractivity contribution >= 4 is 12.2 Å². The van der Waals surface area contributed by atoms with Crippen LogP contribution in [0.4, 0.5) is 0 Å². The lowest BCUT2D eigenvalue weighted by Gasteiger charge is -2.27. The molecule has 3 aromatic rings. The lowest BCUT2D eigenvalue weighted by atomic mass is 9.96.